The van der Waals surface area contributed by atoms with Crippen molar-refractivity contribution in [1.82, 2.24) is 15.1 Å². The molecule has 0 aliphatic rings. The summed E-state index contributed by atoms with van der Waals surface area (Å²) in [6.07, 6.45) is 0. The maximum Gasteiger partial charge on any atom is 0.262 e. The molecule has 0 aliphatic carbocycles. The quantitative estimate of drug-likeness (QED) is 0.647. The Balaban J connectivity index is 1.55. The predicted octanol–water partition coefficient (Wildman–Crippen LogP) is 2.98. The lowest BCUT2D eigenvalue weighted by atomic mass is 10.2. The minimum absolute atomic E-state index is 0.164. The van der Waals surface area contributed by atoms with Crippen LogP contribution in [-0.2, 0) is 18.4 Å². The van der Waals surface area contributed by atoms with E-state index < -0.39 is 0 Å². The number of benzene rings is 2. The van der Waals surface area contributed by atoms with Gasteiger partial charge < -0.3 is 15.4 Å². The van der Waals surface area contributed by atoms with Crippen LogP contribution in [0.15, 0.2) is 54.6 Å². The largest absolute Gasteiger partial charge is 0.484 e. The summed E-state index contributed by atoms with van der Waals surface area (Å²) in [6, 6.07) is 16.4. The molecule has 0 aliphatic heterocycles. The highest BCUT2D eigenvalue weighted by atomic mass is 16.5. The number of aryl methyl sites for hydroxylation is 2. The maximum atomic E-state index is 12.4. The van der Waals surface area contributed by atoms with Gasteiger partial charge in [0.2, 0.25) is 0 Å². The molecule has 2 N–H and O–H groups in total. The van der Waals surface area contributed by atoms with Crippen LogP contribution in [0.5, 0.6) is 5.75 Å². The smallest absolute Gasteiger partial charge is 0.262 e. The minimum atomic E-state index is -0.289. The van der Waals surface area contributed by atoms with E-state index in [4.69, 9.17) is 4.74 Å². The van der Waals surface area contributed by atoms with Crippen LogP contribution in [0.25, 0.3) is 0 Å². The van der Waals surface area contributed by atoms with Gasteiger partial charge >= 0.3 is 0 Å². The van der Waals surface area contributed by atoms with E-state index in [0.717, 1.165) is 17.0 Å². The predicted molar refractivity (Wildman–Crippen MR) is 111 cm³/mol. The van der Waals surface area contributed by atoms with Crippen LogP contribution in [0.4, 0.5) is 5.69 Å². The summed E-state index contributed by atoms with van der Waals surface area (Å²) in [5, 5.41) is 9.96. The number of hydrogen-bond donors (Lipinski definition) is 2. The minimum Gasteiger partial charge on any atom is -0.484 e. The molecule has 1 heterocycles. The van der Waals surface area contributed by atoms with Gasteiger partial charge in [-0.25, -0.2) is 0 Å². The van der Waals surface area contributed by atoms with Gasteiger partial charge in [0, 0.05) is 19.2 Å². The molecule has 3 rings (SSSR count). The maximum absolute atomic E-state index is 12.4. The van der Waals surface area contributed by atoms with Gasteiger partial charge in [0.25, 0.3) is 11.8 Å². The van der Waals surface area contributed by atoms with Gasteiger partial charge in [0.05, 0.1) is 17.1 Å². The zero-order valence-electron chi connectivity index (χ0n) is 16.7. The topological polar surface area (TPSA) is 85.2 Å². The van der Waals surface area contributed by atoms with E-state index in [1.165, 1.54) is 0 Å². The van der Waals surface area contributed by atoms with E-state index in [2.05, 4.69) is 15.7 Å². The fourth-order valence-electron chi connectivity index (χ4n) is 2.89. The third-order valence-corrected chi connectivity index (χ3v) is 4.54. The monoisotopic (exact) mass is 392 g/mol. The average molecular weight is 392 g/mol. The van der Waals surface area contributed by atoms with Crippen molar-refractivity contribution in [2.75, 3.05) is 11.9 Å². The number of anilines is 1. The van der Waals surface area contributed by atoms with Crippen molar-refractivity contribution in [2.45, 2.75) is 20.4 Å². The lowest BCUT2D eigenvalue weighted by Gasteiger charge is -2.10. The SMILES string of the molecule is Cc1nn(C)c(C)c1NC(=O)COc1cccc(C(=O)NCc2ccccc2)c1. The lowest BCUT2D eigenvalue weighted by Crippen LogP contribution is -2.23. The first-order chi connectivity index (χ1) is 13.9. The summed E-state index contributed by atoms with van der Waals surface area (Å²) in [4.78, 5) is 24.6. The van der Waals surface area contributed by atoms with E-state index in [0.29, 0.717) is 23.5 Å². The highest BCUT2D eigenvalue weighted by molar-refractivity contribution is 5.95. The summed E-state index contributed by atoms with van der Waals surface area (Å²) >= 11 is 0. The van der Waals surface area contributed by atoms with Crippen molar-refractivity contribution in [3.8, 4) is 5.75 Å². The normalized spacial score (nSPS) is 10.4. The molecular formula is C22H24N4O3. The third kappa shape index (κ3) is 5.22. The molecule has 0 fully saturated rings. The second-order valence-corrected chi connectivity index (χ2v) is 6.70. The van der Waals surface area contributed by atoms with Crippen LogP contribution in [-0.4, -0.2) is 28.2 Å². The number of amides is 2. The Morgan fingerprint density at radius 3 is 2.52 bits per heavy atom. The molecule has 0 bridgehead atoms. The lowest BCUT2D eigenvalue weighted by molar-refractivity contribution is -0.118. The fourth-order valence-corrected chi connectivity index (χ4v) is 2.89. The number of hydrogen-bond acceptors (Lipinski definition) is 4. The molecule has 2 amide bonds. The van der Waals surface area contributed by atoms with Crippen LogP contribution in [0.3, 0.4) is 0 Å². The molecule has 0 radical (unpaired) electrons. The third-order valence-electron chi connectivity index (χ3n) is 4.54. The summed E-state index contributed by atoms with van der Waals surface area (Å²) in [5.41, 5.74) is 3.79. The fraction of sp³-hybridized carbons (Fsp3) is 0.227. The number of carbonyl (C=O) groups is 2. The van der Waals surface area contributed by atoms with E-state index in [1.54, 1.807) is 28.9 Å². The Bertz CT molecular complexity index is 1010. The van der Waals surface area contributed by atoms with E-state index in [9.17, 15) is 9.59 Å². The van der Waals surface area contributed by atoms with Crippen molar-refractivity contribution in [1.29, 1.82) is 0 Å². The van der Waals surface area contributed by atoms with Gasteiger partial charge in [0.1, 0.15) is 5.75 Å². The highest BCUT2D eigenvalue weighted by Gasteiger charge is 2.13. The first kappa shape index (κ1) is 20.1. The standard InChI is InChI=1S/C22H24N4O3/c1-15-21(16(2)26(3)25-15)24-20(27)14-29-19-11-7-10-18(12-19)22(28)23-13-17-8-5-4-6-9-17/h4-12H,13-14H2,1-3H3,(H,23,28)(H,24,27). The summed E-state index contributed by atoms with van der Waals surface area (Å²) in [7, 11) is 1.82. The van der Waals surface area contributed by atoms with Crippen molar-refractivity contribution in [3.63, 3.8) is 0 Å². The second kappa shape index (κ2) is 9.05. The molecule has 2 aromatic carbocycles. The van der Waals surface area contributed by atoms with Gasteiger partial charge in [-0.2, -0.15) is 5.10 Å². The highest BCUT2D eigenvalue weighted by Crippen LogP contribution is 2.18. The average Bonchev–Trinajstić information content (AvgIpc) is 2.97. The van der Waals surface area contributed by atoms with Gasteiger partial charge in [-0.05, 0) is 37.6 Å². The van der Waals surface area contributed by atoms with Crippen LogP contribution < -0.4 is 15.4 Å². The van der Waals surface area contributed by atoms with Crippen LogP contribution in [0.2, 0.25) is 0 Å². The van der Waals surface area contributed by atoms with E-state index in [-0.39, 0.29) is 18.4 Å². The summed E-state index contributed by atoms with van der Waals surface area (Å²) < 4.78 is 7.27. The number of nitrogens with one attached hydrogen (secondary N) is 2. The first-order valence-corrected chi connectivity index (χ1v) is 9.29. The Morgan fingerprint density at radius 2 is 1.83 bits per heavy atom. The van der Waals surface area contributed by atoms with E-state index >= 15 is 0 Å². The molecule has 7 nitrogen and oxygen atoms in total. The number of carbonyl (C=O) groups excluding carboxylic acids is 2. The molecular weight excluding hydrogens is 368 g/mol. The number of rotatable bonds is 7. The van der Waals surface area contributed by atoms with E-state index in [1.807, 2.05) is 51.2 Å². The van der Waals surface area contributed by atoms with Gasteiger partial charge in [0.15, 0.2) is 6.61 Å². The summed E-state index contributed by atoms with van der Waals surface area (Å²) in [6.45, 7) is 3.99. The molecule has 0 unspecified atom stereocenters. The molecule has 0 atom stereocenters. The number of ether oxygens (including phenoxy) is 1. The first-order valence-electron chi connectivity index (χ1n) is 9.29. The Morgan fingerprint density at radius 1 is 1.07 bits per heavy atom. The van der Waals surface area contributed by atoms with Crippen LogP contribution in [0.1, 0.15) is 27.3 Å². The van der Waals surface area contributed by atoms with Crippen molar-refractivity contribution < 1.29 is 14.3 Å². The second-order valence-electron chi connectivity index (χ2n) is 6.70. The molecule has 150 valence electrons. The van der Waals surface area contributed by atoms with Gasteiger partial charge in [-0.3, -0.25) is 14.3 Å². The molecule has 0 saturated heterocycles. The van der Waals surface area contributed by atoms with Crippen LogP contribution >= 0.6 is 0 Å². The molecule has 3 aromatic rings. The van der Waals surface area contributed by atoms with Crippen molar-refractivity contribution in [2.24, 2.45) is 7.05 Å². The van der Waals surface area contributed by atoms with Crippen molar-refractivity contribution >= 4 is 17.5 Å². The zero-order chi connectivity index (χ0) is 20.8. The number of nitrogens with zero attached hydrogens (tertiary/aromatic N) is 2. The summed E-state index contributed by atoms with van der Waals surface area (Å²) in [5.74, 6) is -0.0411. The molecule has 1 aromatic heterocycles. The Kier molecular flexibility index (Phi) is 6.29. The van der Waals surface area contributed by atoms with Crippen LogP contribution in [0, 0.1) is 13.8 Å². The Labute approximate surface area is 169 Å². The zero-order valence-corrected chi connectivity index (χ0v) is 16.7. The number of aromatic nitrogens is 2. The Hall–Kier alpha value is -3.61. The molecule has 7 heteroatoms. The van der Waals surface area contributed by atoms with Crippen molar-refractivity contribution in [3.05, 3.63) is 77.1 Å². The molecule has 0 spiro atoms. The van der Waals surface area contributed by atoms with Gasteiger partial charge in [-0.1, -0.05) is 36.4 Å². The van der Waals surface area contributed by atoms with Gasteiger partial charge in [-0.15, -0.1) is 0 Å². The molecule has 29 heavy (non-hydrogen) atoms. The molecule has 0 saturated carbocycles.